The molecule has 9 nitrogen and oxygen atoms in total. The van der Waals surface area contributed by atoms with Gasteiger partial charge in [0, 0.05) is 50.5 Å². The van der Waals surface area contributed by atoms with Gasteiger partial charge in [-0.1, -0.05) is 0 Å². The van der Waals surface area contributed by atoms with Crippen LogP contribution in [0.3, 0.4) is 0 Å². The molecule has 0 bridgehead atoms. The van der Waals surface area contributed by atoms with E-state index in [4.69, 9.17) is 4.74 Å². The smallest absolute Gasteiger partial charge is 0.261 e. The number of ether oxygens (including phenoxy) is 1. The van der Waals surface area contributed by atoms with Crippen molar-refractivity contribution in [3.63, 3.8) is 0 Å². The molecule has 0 saturated carbocycles. The van der Waals surface area contributed by atoms with E-state index >= 15 is 0 Å². The maximum atomic E-state index is 13.0. The fourth-order valence-corrected chi connectivity index (χ4v) is 4.96. The van der Waals surface area contributed by atoms with Crippen molar-refractivity contribution in [2.45, 2.75) is 4.90 Å². The zero-order chi connectivity index (χ0) is 24.1. The molecule has 2 aromatic carbocycles. The molecule has 2 aliphatic heterocycles. The van der Waals surface area contributed by atoms with Gasteiger partial charge in [-0.05, 0) is 48.5 Å². The standard InChI is InChI=1S/C23H27FN4O5S/c24-19-3-5-20(6-4-19)25-34(31,32)21-7-1-18(2-8-21)23(30)28-11-9-27(10-12-28)22(29)17-26-13-15-33-16-14-26/h1-8,25H,9-17H2. The number of nitrogens with zero attached hydrogens (tertiary/aromatic N) is 3. The first-order valence-corrected chi connectivity index (χ1v) is 12.6. The third-order valence-electron chi connectivity index (χ3n) is 5.89. The van der Waals surface area contributed by atoms with E-state index in [1.54, 1.807) is 9.80 Å². The Balaban J connectivity index is 1.31. The third-order valence-corrected chi connectivity index (χ3v) is 7.29. The lowest BCUT2D eigenvalue weighted by Gasteiger charge is -2.36. The molecule has 0 radical (unpaired) electrons. The van der Waals surface area contributed by atoms with E-state index < -0.39 is 15.8 Å². The summed E-state index contributed by atoms with van der Waals surface area (Å²) < 4.78 is 45.8. The summed E-state index contributed by atoms with van der Waals surface area (Å²) in [6.07, 6.45) is 0. The molecule has 34 heavy (non-hydrogen) atoms. The molecule has 11 heteroatoms. The number of piperazine rings is 1. The van der Waals surface area contributed by atoms with Crippen molar-refractivity contribution in [1.82, 2.24) is 14.7 Å². The minimum Gasteiger partial charge on any atom is -0.379 e. The fraction of sp³-hybridized carbons (Fsp3) is 0.391. The lowest BCUT2D eigenvalue weighted by Crippen LogP contribution is -2.53. The summed E-state index contributed by atoms with van der Waals surface area (Å²) in [6.45, 7) is 4.88. The van der Waals surface area contributed by atoms with Gasteiger partial charge in [0.15, 0.2) is 0 Å². The fourth-order valence-electron chi connectivity index (χ4n) is 3.90. The second-order valence-corrected chi connectivity index (χ2v) is 9.88. The number of hydrogen-bond acceptors (Lipinski definition) is 6. The molecule has 0 unspecified atom stereocenters. The second kappa shape index (κ2) is 10.5. The molecule has 0 atom stereocenters. The van der Waals surface area contributed by atoms with Crippen molar-refractivity contribution in [3.05, 3.63) is 59.9 Å². The van der Waals surface area contributed by atoms with Crippen molar-refractivity contribution < 1.29 is 27.1 Å². The number of carbonyl (C=O) groups excluding carboxylic acids is 2. The van der Waals surface area contributed by atoms with Gasteiger partial charge in [-0.15, -0.1) is 0 Å². The van der Waals surface area contributed by atoms with E-state index in [0.717, 1.165) is 25.2 Å². The van der Waals surface area contributed by atoms with Crippen LogP contribution in [0.5, 0.6) is 0 Å². The van der Waals surface area contributed by atoms with Crippen molar-refractivity contribution >= 4 is 27.5 Å². The van der Waals surface area contributed by atoms with Crippen LogP contribution in [0.1, 0.15) is 10.4 Å². The molecule has 0 aliphatic carbocycles. The first kappa shape index (κ1) is 24.1. The van der Waals surface area contributed by atoms with E-state index in [9.17, 15) is 22.4 Å². The molecule has 2 heterocycles. The molecule has 2 fully saturated rings. The van der Waals surface area contributed by atoms with Gasteiger partial charge in [0.1, 0.15) is 5.82 Å². The van der Waals surface area contributed by atoms with Crippen molar-refractivity contribution in [2.24, 2.45) is 0 Å². The zero-order valence-corrected chi connectivity index (χ0v) is 19.5. The van der Waals surface area contributed by atoms with Crippen molar-refractivity contribution in [3.8, 4) is 0 Å². The van der Waals surface area contributed by atoms with Crippen LogP contribution < -0.4 is 4.72 Å². The van der Waals surface area contributed by atoms with Gasteiger partial charge in [-0.2, -0.15) is 0 Å². The molecule has 0 spiro atoms. The molecular formula is C23H27FN4O5S. The Morgan fingerprint density at radius 2 is 1.44 bits per heavy atom. The van der Waals surface area contributed by atoms with E-state index in [2.05, 4.69) is 9.62 Å². The summed E-state index contributed by atoms with van der Waals surface area (Å²) >= 11 is 0. The summed E-state index contributed by atoms with van der Waals surface area (Å²) in [7, 11) is -3.88. The molecule has 182 valence electrons. The Labute approximate surface area is 198 Å². The molecule has 2 saturated heterocycles. The molecule has 4 rings (SSSR count). The summed E-state index contributed by atoms with van der Waals surface area (Å²) in [6, 6.07) is 10.6. The number of sulfonamides is 1. The Morgan fingerprint density at radius 1 is 0.853 bits per heavy atom. The van der Waals surface area contributed by atoms with Crippen LogP contribution in [0, 0.1) is 5.82 Å². The first-order chi connectivity index (χ1) is 16.3. The summed E-state index contributed by atoms with van der Waals surface area (Å²) in [5.74, 6) is -0.624. The quantitative estimate of drug-likeness (QED) is 0.654. The lowest BCUT2D eigenvalue weighted by molar-refractivity contribution is -0.134. The molecule has 1 N–H and O–H groups in total. The molecule has 2 aromatic rings. The highest BCUT2D eigenvalue weighted by Gasteiger charge is 2.26. The van der Waals surface area contributed by atoms with E-state index in [0.29, 0.717) is 51.5 Å². The Kier molecular flexibility index (Phi) is 7.44. The number of rotatable bonds is 6. The number of amides is 2. The van der Waals surface area contributed by atoms with Gasteiger partial charge in [0.2, 0.25) is 5.91 Å². The average molecular weight is 491 g/mol. The normalized spacial score (nSPS) is 17.4. The second-order valence-electron chi connectivity index (χ2n) is 8.20. The highest BCUT2D eigenvalue weighted by Crippen LogP contribution is 2.18. The minimum atomic E-state index is -3.88. The SMILES string of the molecule is O=C(CN1CCOCC1)N1CCN(C(=O)c2ccc(S(=O)(=O)Nc3ccc(F)cc3)cc2)CC1. The van der Waals surface area contributed by atoms with Crippen LogP contribution >= 0.6 is 0 Å². The highest BCUT2D eigenvalue weighted by atomic mass is 32.2. The minimum absolute atomic E-state index is 0.00750. The first-order valence-electron chi connectivity index (χ1n) is 11.1. The largest absolute Gasteiger partial charge is 0.379 e. The monoisotopic (exact) mass is 490 g/mol. The predicted molar refractivity (Wildman–Crippen MR) is 123 cm³/mol. The highest BCUT2D eigenvalue weighted by molar-refractivity contribution is 7.92. The van der Waals surface area contributed by atoms with Crippen LogP contribution in [-0.4, -0.2) is 94.0 Å². The van der Waals surface area contributed by atoms with Crippen LogP contribution in [0.2, 0.25) is 0 Å². The van der Waals surface area contributed by atoms with Gasteiger partial charge in [-0.25, -0.2) is 12.8 Å². The van der Waals surface area contributed by atoms with Gasteiger partial charge in [-0.3, -0.25) is 19.2 Å². The van der Waals surface area contributed by atoms with Gasteiger partial charge < -0.3 is 14.5 Å². The number of carbonyl (C=O) groups is 2. The average Bonchev–Trinajstić information content (AvgIpc) is 2.86. The Hall–Kier alpha value is -3.02. The van der Waals surface area contributed by atoms with E-state index in [1.807, 2.05) is 0 Å². The molecule has 0 aromatic heterocycles. The van der Waals surface area contributed by atoms with Crippen molar-refractivity contribution in [1.29, 1.82) is 0 Å². The topological polar surface area (TPSA) is 99.3 Å². The van der Waals surface area contributed by atoms with Gasteiger partial charge in [0.05, 0.1) is 24.7 Å². The summed E-state index contributed by atoms with van der Waals surface area (Å²) in [4.78, 5) is 30.9. The van der Waals surface area contributed by atoms with Crippen LogP contribution in [0.15, 0.2) is 53.4 Å². The number of anilines is 1. The maximum Gasteiger partial charge on any atom is 0.261 e. The molecule has 2 amide bonds. The van der Waals surface area contributed by atoms with Crippen LogP contribution in [0.4, 0.5) is 10.1 Å². The molecule has 2 aliphatic rings. The van der Waals surface area contributed by atoms with Crippen molar-refractivity contribution in [2.75, 3.05) is 63.7 Å². The predicted octanol–water partition coefficient (Wildman–Crippen LogP) is 1.24. The van der Waals surface area contributed by atoms with Crippen LogP contribution in [0.25, 0.3) is 0 Å². The van der Waals surface area contributed by atoms with Gasteiger partial charge in [0.25, 0.3) is 15.9 Å². The number of benzene rings is 2. The number of nitrogens with one attached hydrogen (secondary N) is 1. The lowest BCUT2D eigenvalue weighted by atomic mass is 10.2. The Bertz CT molecular complexity index is 1110. The number of hydrogen-bond donors (Lipinski definition) is 1. The number of halogens is 1. The van der Waals surface area contributed by atoms with Gasteiger partial charge >= 0.3 is 0 Å². The summed E-state index contributed by atoms with van der Waals surface area (Å²) in [5.41, 5.74) is 0.608. The Morgan fingerprint density at radius 3 is 2.06 bits per heavy atom. The summed E-state index contributed by atoms with van der Waals surface area (Å²) in [5, 5.41) is 0. The number of morpholine rings is 1. The maximum absolute atomic E-state index is 13.0. The zero-order valence-electron chi connectivity index (χ0n) is 18.7. The van der Waals surface area contributed by atoms with Crippen LogP contribution in [-0.2, 0) is 19.6 Å². The van der Waals surface area contributed by atoms with E-state index in [1.165, 1.54) is 36.4 Å². The third kappa shape index (κ3) is 5.91. The molecular weight excluding hydrogens is 463 g/mol. The van der Waals surface area contributed by atoms with E-state index in [-0.39, 0.29) is 22.4 Å².